The van der Waals surface area contributed by atoms with Crippen LogP contribution in [0.1, 0.15) is 42.5 Å². The number of nitrogens with one attached hydrogen (secondary N) is 1. The van der Waals surface area contributed by atoms with E-state index in [-0.39, 0.29) is 31.0 Å². The molecular formula is C31H38N2O4. The first kappa shape index (κ1) is 27.8. The fraction of sp³-hybridized carbons (Fsp3) is 0.355. The Hall–Kier alpha value is -3.80. The molecule has 6 heteroatoms. The van der Waals surface area contributed by atoms with Gasteiger partial charge in [0.25, 0.3) is 5.91 Å². The molecule has 0 aliphatic carbocycles. The Bertz CT molecular complexity index is 1180. The lowest BCUT2D eigenvalue weighted by Crippen LogP contribution is -2.53. The summed E-state index contributed by atoms with van der Waals surface area (Å²) in [5.41, 5.74) is 3.93. The number of amides is 2. The molecule has 2 unspecified atom stereocenters. The third kappa shape index (κ3) is 8.10. The molecule has 0 aliphatic heterocycles. The van der Waals surface area contributed by atoms with E-state index in [0.29, 0.717) is 17.9 Å². The van der Waals surface area contributed by atoms with E-state index in [1.807, 2.05) is 100 Å². The Balaban J connectivity index is 1.94. The number of nitrogens with zero attached hydrogens (tertiary/aromatic N) is 1. The van der Waals surface area contributed by atoms with Gasteiger partial charge >= 0.3 is 0 Å². The van der Waals surface area contributed by atoms with E-state index in [1.165, 1.54) is 0 Å². The summed E-state index contributed by atoms with van der Waals surface area (Å²) in [4.78, 5) is 28.9. The van der Waals surface area contributed by atoms with Crippen molar-refractivity contribution >= 4 is 11.8 Å². The molecule has 0 saturated carbocycles. The zero-order valence-corrected chi connectivity index (χ0v) is 22.5. The van der Waals surface area contributed by atoms with Gasteiger partial charge in [-0.1, -0.05) is 67.1 Å². The van der Waals surface area contributed by atoms with Gasteiger partial charge < -0.3 is 19.7 Å². The molecule has 0 radical (unpaired) electrons. The highest BCUT2D eigenvalue weighted by atomic mass is 16.5. The van der Waals surface area contributed by atoms with Gasteiger partial charge in [-0.3, -0.25) is 9.59 Å². The van der Waals surface area contributed by atoms with E-state index in [4.69, 9.17) is 9.47 Å². The molecule has 0 heterocycles. The zero-order chi connectivity index (χ0) is 26.8. The molecule has 0 spiro atoms. The predicted octanol–water partition coefficient (Wildman–Crippen LogP) is 5.25. The van der Waals surface area contributed by atoms with Crippen LogP contribution in [0.3, 0.4) is 0 Å². The Morgan fingerprint density at radius 2 is 1.68 bits per heavy atom. The maximum atomic E-state index is 13.7. The van der Waals surface area contributed by atoms with Gasteiger partial charge in [0, 0.05) is 19.0 Å². The SMILES string of the molecule is CCC(C)NC(=O)C(Cc1ccccc1)N(Cc1cccc(OC)c1)C(=O)COc1ccc(C)cc1C. The topological polar surface area (TPSA) is 67.9 Å². The van der Waals surface area contributed by atoms with Crippen LogP contribution in [-0.4, -0.2) is 42.5 Å². The summed E-state index contributed by atoms with van der Waals surface area (Å²) in [6.07, 6.45) is 1.19. The van der Waals surface area contributed by atoms with Gasteiger partial charge in [-0.05, 0) is 62.1 Å². The molecule has 0 aromatic heterocycles. The van der Waals surface area contributed by atoms with Crippen molar-refractivity contribution in [2.45, 2.75) is 59.2 Å². The first-order valence-electron chi connectivity index (χ1n) is 12.8. The average molecular weight is 503 g/mol. The average Bonchev–Trinajstić information content (AvgIpc) is 2.90. The van der Waals surface area contributed by atoms with E-state index < -0.39 is 6.04 Å². The second-order valence-corrected chi connectivity index (χ2v) is 9.45. The lowest BCUT2D eigenvalue weighted by atomic mass is 10.0. The number of methoxy groups -OCH3 is 1. The summed E-state index contributed by atoms with van der Waals surface area (Å²) in [6.45, 7) is 8.04. The minimum atomic E-state index is -0.710. The van der Waals surface area contributed by atoms with E-state index in [9.17, 15) is 9.59 Å². The maximum absolute atomic E-state index is 13.7. The number of benzene rings is 3. The quantitative estimate of drug-likeness (QED) is 0.368. The normalized spacial score (nSPS) is 12.4. The van der Waals surface area contributed by atoms with Gasteiger partial charge in [-0.25, -0.2) is 0 Å². The molecule has 0 bridgehead atoms. The molecule has 2 amide bonds. The number of aryl methyl sites for hydroxylation is 2. The van der Waals surface area contributed by atoms with E-state index in [2.05, 4.69) is 5.32 Å². The van der Waals surface area contributed by atoms with E-state index in [1.54, 1.807) is 12.0 Å². The van der Waals surface area contributed by atoms with Gasteiger partial charge in [0.15, 0.2) is 6.61 Å². The summed E-state index contributed by atoms with van der Waals surface area (Å²) >= 11 is 0. The molecular weight excluding hydrogens is 464 g/mol. The second-order valence-electron chi connectivity index (χ2n) is 9.45. The number of carbonyl (C=O) groups excluding carboxylic acids is 2. The van der Waals surface area contributed by atoms with Gasteiger partial charge in [0.2, 0.25) is 5.91 Å². The number of carbonyl (C=O) groups is 2. The lowest BCUT2D eigenvalue weighted by Gasteiger charge is -2.32. The highest BCUT2D eigenvalue weighted by Crippen LogP contribution is 2.21. The van der Waals surface area contributed by atoms with Crippen molar-refractivity contribution in [3.8, 4) is 11.5 Å². The molecule has 196 valence electrons. The predicted molar refractivity (Wildman–Crippen MR) is 147 cm³/mol. The highest BCUT2D eigenvalue weighted by Gasteiger charge is 2.31. The van der Waals surface area contributed by atoms with Crippen LogP contribution in [0, 0.1) is 13.8 Å². The van der Waals surface area contributed by atoms with Crippen LogP contribution in [0.15, 0.2) is 72.8 Å². The zero-order valence-electron chi connectivity index (χ0n) is 22.5. The van der Waals surface area contributed by atoms with Crippen LogP contribution >= 0.6 is 0 Å². The summed E-state index contributed by atoms with van der Waals surface area (Å²) in [5, 5.41) is 3.08. The van der Waals surface area contributed by atoms with Gasteiger partial charge in [-0.2, -0.15) is 0 Å². The maximum Gasteiger partial charge on any atom is 0.261 e. The summed E-state index contributed by atoms with van der Waals surface area (Å²) < 4.78 is 11.3. The standard InChI is InChI=1S/C31H38N2O4/c1-6-24(4)32-31(35)28(19-25-11-8-7-9-12-25)33(20-26-13-10-14-27(18-26)36-5)30(34)21-37-29-16-15-22(2)17-23(29)3/h7-18,24,28H,6,19-21H2,1-5H3,(H,32,35). The smallest absolute Gasteiger partial charge is 0.261 e. The molecule has 0 aliphatic rings. The Kier molecular flexibility index (Phi) is 10.1. The molecule has 37 heavy (non-hydrogen) atoms. The van der Waals surface area contributed by atoms with E-state index >= 15 is 0 Å². The lowest BCUT2D eigenvalue weighted by molar-refractivity contribution is -0.143. The van der Waals surface area contributed by atoms with Crippen LogP contribution in [0.4, 0.5) is 0 Å². The minimum Gasteiger partial charge on any atom is -0.497 e. The summed E-state index contributed by atoms with van der Waals surface area (Å²) in [5.74, 6) is 0.910. The van der Waals surface area contributed by atoms with E-state index in [0.717, 1.165) is 28.7 Å². The Morgan fingerprint density at radius 3 is 2.35 bits per heavy atom. The fourth-order valence-corrected chi connectivity index (χ4v) is 4.15. The summed E-state index contributed by atoms with van der Waals surface area (Å²) in [7, 11) is 1.61. The van der Waals surface area contributed by atoms with Crippen molar-refractivity contribution in [2.75, 3.05) is 13.7 Å². The van der Waals surface area contributed by atoms with Crippen molar-refractivity contribution in [3.05, 3.63) is 95.1 Å². The van der Waals surface area contributed by atoms with Crippen LogP contribution < -0.4 is 14.8 Å². The largest absolute Gasteiger partial charge is 0.497 e. The van der Waals surface area contributed by atoms with Gasteiger partial charge in [0.1, 0.15) is 17.5 Å². The molecule has 1 N–H and O–H groups in total. The Morgan fingerprint density at radius 1 is 0.946 bits per heavy atom. The monoisotopic (exact) mass is 502 g/mol. The summed E-state index contributed by atoms with van der Waals surface area (Å²) in [6, 6.07) is 22.5. The minimum absolute atomic E-state index is 0.00833. The van der Waals surface area contributed by atoms with Crippen molar-refractivity contribution in [1.29, 1.82) is 0 Å². The second kappa shape index (κ2) is 13.5. The molecule has 0 saturated heterocycles. The van der Waals surface area contributed by atoms with Crippen molar-refractivity contribution in [2.24, 2.45) is 0 Å². The van der Waals surface area contributed by atoms with Crippen LogP contribution in [-0.2, 0) is 22.6 Å². The first-order chi connectivity index (χ1) is 17.8. The third-order valence-electron chi connectivity index (χ3n) is 6.44. The molecule has 6 nitrogen and oxygen atoms in total. The molecule has 2 atom stereocenters. The van der Waals surface area contributed by atoms with Crippen LogP contribution in [0.25, 0.3) is 0 Å². The van der Waals surface area contributed by atoms with Crippen molar-refractivity contribution in [3.63, 3.8) is 0 Å². The van der Waals surface area contributed by atoms with Gasteiger partial charge in [-0.15, -0.1) is 0 Å². The van der Waals surface area contributed by atoms with Crippen molar-refractivity contribution < 1.29 is 19.1 Å². The van der Waals surface area contributed by atoms with Crippen LogP contribution in [0.2, 0.25) is 0 Å². The molecule has 3 aromatic rings. The van der Waals surface area contributed by atoms with Crippen LogP contribution in [0.5, 0.6) is 11.5 Å². The third-order valence-corrected chi connectivity index (χ3v) is 6.44. The number of hydrogen-bond acceptors (Lipinski definition) is 4. The molecule has 0 fully saturated rings. The molecule has 3 aromatic carbocycles. The van der Waals surface area contributed by atoms with Gasteiger partial charge in [0.05, 0.1) is 7.11 Å². The first-order valence-corrected chi connectivity index (χ1v) is 12.8. The number of rotatable bonds is 12. The highest BCUT2D eigenvalue weighted by molar-refractivity contribution is 5.88. The number of ether oxygens (including phenoxy) is 2. The number of hydrogen-bond donors (Lipinski definition) is 1. The fourth-order valence-electron chi connectivity index (χ4n) is 4.15. The Labute approximate surface area is 220 Å². The molecule has 3 rings (SSSR count). The van der Waals surface area contributed by atoms with Crippen molar-refractivity contribution in [1.82, 2.24) is 10.2 Å².